The molecular weight excluding hydrogens is 552 g/mol. The molecule has 0 spiro atoms. The summed E-state index contributed by atoms with van der Waals surface area (Å²) >= 11 is 0. The molecule has 214 valence electrons. The van der Waals surface area contributed by atoms with Crippen molar-refractivity contribution in [2.75, 3.05) is 30.3 Å². The molecule has 7 nitrogen and oxygen atoms in total. The molecule has 0 radical (unpaired) electrons. The largest absolute Gasteiger partial charge is 0.485 e. The Morgan fingerprint density at radius 1 is 1.02 bits per heavy atom. The number of carbonyl (C=O) groups is 1. The molecule has 1 aliphatic heterocycles. The van der Waals surface area contributed by atoms with Gasteiger partial charge in [-0.2, -0.15) is 13.2 Å². The average molecular weight is 581 g/mol. The molecule has 12 heteroatoms. The Morgan fingerprint density at radius 3 is 2.20 bits per heavy atom. The van der Waals surface area contributed by atoms with Gasteiger partial charge in [-0.05, 0) is 66.2 Å². The maximum absolute atomic E-state index is 14.7. The van der Waals surface area contributed by atoms with Gasteiger partial charge >= 0.3 is 6.18 Å². The van der Waals surface area contributed by atoms with Crippen molar-refractivity contribution in [3.8, 4) is 5.75 Å². The van der Waals surface area contributed by atoms with Crippen LogP contribution in [-0.4, -0.2) is 57.2 Å². The average Bonchev–Trinajstić information content (AvgIpc) is 3.31. The van der Waals surface area contributed by atoms with Crippen LogP contribution in [-0.2, 0) is 16.0 Å². The third-order valence-electron chi connectivity index (χ3n) is 6.67. The van der Waals surface area contributed by atoms with E-state index in [1.807, 2.05) is 0 Å². The Bertz CT molecular complexity index is 1410. The van der Waals surface area contributed by atoms with Gasteiger partial charge in [0.1, 0.15) is 11.9 Å². The summed E-state index contributed by atoms with van der Waals surface area (Å²) in [6, 6.07) is 15.6. The second-order valence-corrected chi connectivity index (χ2v) is 11.6. The van der Waals surface area contributed by atoms with E-state index >= 15 is 0 Å². The van der Waals surface area contributed by atoms with Crippen molar-refractivity contribution in [1.29, 1.82) is 0 Å². The van der Waals surface area contributed by atoms with Crippen LogP contribution in [0.25, 0.3) is 0 Å². The highest BCUT2D eigenvalue weighted by Crippen LogP contribution is 2.31. The molecular formula is C28H28F4N2O5S. The number of amides is 1. The summed E-state index contributed by atoms with van der Waals surface area (Å²) in [5.41, 5.74) is 0.636. The minimum atomic E-state index is -4.47. The first-order valence-electron chi connectivity index (χ1n) is 12.5. The number of carbonyl (C=O) groups excluding carboxylic acids is 1. The van der Waals surface area contributed by atoms with Gasteiger partial charge in [0, 0.05) is 11.3 Å². The molecule has 3 aromatic carbocycles. The fraction of sp³-hybridized carbons (Fsp3) is 0.321. The van der Waals surface area contributed by atoms with E-state index in [1.54, 1.807) is 36.1 Å². The smallest absolute Gasteiger partial charge is 0.416 e. The first-order chi connectivity index (χ1) is 18.9. The highest BCUT2D eigenvalue weighted by molar-refractivity contribution is 7.91. The van der Waals surface area contributed by atoms with Crippen molar-refractivity contribution in [1.82, 2.24) is 5.32 Å². The van der Waals surface area contributed by atoms with Crippen molar-refractivity contribution in [3.63, 3.8) is 0 Å². The lowest BCUT2D eigenvalue weighted by Crippen LogP contribution is -2.31. The number of anilines is 1. The number of ether oxygens (including phenoxy) is 1. The number of aliphatic hydroxyl groups excluding tert-OH is 1. The summed E-state index contributed by atoms with van der Waals surface area (Å²) < 4.78 is 82.6. The van der Waals surface area contributed by atoms with Crippen molar-refractivity contribution in [2.24, 2.45) is 0 Å². The van der Waals surface area contributed by atoms with Crippen LogP contribution in [0.4, 0.5) is 23.2 Å². The summed E-state index contributed by atoms with van der Waals surface area (Å²) in [7, 11) is -3.38. The normalized spacial score (nSPS) is 18.4. The zero-order chi connectivity index (χ0) is 29.1. The van der Waals surface area contributed by atoms with Crippen molar-refractivity contribution in [2.45, 2.75) is 36.3 Å². The van der Waals surface area contributed by atoms with Crippen LogP contribution in [0.15, 0.2) is 77.7 Å². The maximum Gasteiger partial charge on any atom is 0.416 e. The minimum absolute atomic E-state index is 0.00712. The molecule has 0 saturated carbocycles. The number of hydrogen-bond acceptors (Lipinski definition) is 6. The summed E-state index contributed by atoms with van der Waals surface area (Å²) in [6.07, 6.45) is -6.74. The number of nitrogens with zero attached hydrogens (tertiary/aromatic N) is 1. The van der Waals surface area contributed by atoms with Gasteiger partial charge in [-0.25, -0.2) is 12.8 Å². The van der Waals surface area contributed by atoms with Crippen LogP contribution >= 0.6 is 0 Å². The number of benzene rings is 3. The number of halogens is 4. The topological polar surface area (TPSA) is 95.9 Å². The molecule has 1 fully saturated rings. The van der Waals surface area contributed by atoms with Crippen molar-refractivity contribution < 1.29 is 40.6 Å². The van der Waals surface area contributed by atoms with Gasteiger partial charge < -0.3 is 20.1 Å². The van der Waals surface area contributed by atoms with Gasteiger partial charge in [0.05, 0.1) is 42.0 Å². The van der Waals surface area contributed by atoms with Crippen molar-refractivity contribution >= 4 is 21.4 Å². The summed E-state index contributed by atoms with van der Waals surface area (Å²) in [6.45, 7) is 1.30. The molecule has 0 bridgehead atoms. The molecule has 1 saturated heterocycles. The van der Waals surface area contributed by atoms with E-state index in [0.717, 1.165) is 24.3 Å². The fourth-order valence-corrected chi connectivity index (χ4v) is 5.21. The molecule has 1 heterocycles. The van der Waals surface area contributed by atoms with Gasteiger partial charge in [-0.3, -0.25) is 4.79 Å². The number of rotatable bonds is 9. The quantitative estimate of drug-likeness (QED) is 0.360. The highest BCUT2D eigenvalue weighted by atomic mass is 32.2. The van der Waals surface area contributed by atoms with E-state index in [2.05, 4.69) is 5.32 Å². The van der Waals surface area contributed by atoms with Gasteiger partial charge in [0.2, 0.25) is 0 Å². The van der Waals surface area contributed by atoms with E-state index < -0.39 is 52.4 Å². The van der Waals surface area contributed by atoms with Gasteiger partial charge in [-0.15, -0.1) is 0 Å². The maximum atomic E-state index is 14.7. The summed E-state index contributed by atoms with van der Waals surface area (Å²) in [4.78, 5) is 14.7. The number of alkyl halides is 4. The van der Waals surface area contributed by atoms with Gasteiger partial charge in [0.15, 0.2) is 16.0 Å². The Labute approximate surface area is 229 Å². The zero-order valence-electron chi connectivity index (χ0n) is 21.4. The Kier molecular flexibility index (Phi) is 8.69. The molecule has 3 aromatic rings. The Morgan fingerprint density at radius 2 is 1.65 bits per heavy atom. The number of sulfone groups is 1. The molecule has 4 rings (SSSR count). The number of aliphatic hydroxyl groups is 1. The molecule has 0 unspecified atom stereocenters. The van der Waals surface area contributed by atoms with Crippen LogP contribution in [0.5, 0.6) is 5.75 Å². The standard InChI is InChI=1S/C28H28F4N2O5S/c1-2-40(37,38)23-13-5-18(6-14-23)25(17-35)33-27(36)19-3-9-21(10-4-19)34-15-24(29)26(16-34)39-22-11-7-20(8-12-22)28(30,31)32/h3-14,24-26,35H,2,15-17H2,1H3,(H,33,36)/t24-,25-,26-/m0/s1. The first kappa shape index (κ1) is 29.3. The summed E-state index contributed by atoms with van der Waals surface area (Å²) in [5.74, 6) is -0.377. The predicted molar refractivity (Wildman–Crippen MR) is 141 cm³/mol. The van der Waals surface area contributed by atoms with Crippen LogP contribution in [0.3, 0.4) is 0 Å². The Balaban J connectivity index is 1.36. The molecule has 2 N–H and O–H groups in total. The van der Waals surface area contributed by atoms with Gasteiger partial charge in [-0.1, -0.05) is 19.1 Å². The van der Waals surface area contributed by atoms with E-state index in [9.17, 15) is 35.9 Å². The predicted octanol–water partition coefficient (Wildman–Crippen LogP) is 4.57. The van der Waals surface area contributed by atoms with E-state index in [4.69, 9.17) is 4.74 Å². The molecule has 1 amide bonds. The first-order valence-corrected chi connectivity index (χ1v) is 14.1. The molecule has 40 heavy (non-hydrogen) atoms. The van der Waals surface area contributed by atoms with Crippen LogP contribution in [0, 0.1) is 0 Å². The lowest BCUT2D eigenvalue weighted by atomic mass is 10.1. The molecule has 0 aromatic heterocycles. The second kappa shape index (κ2) is 11.8. The number of hydrogen-bond donors (Lipinski definition) is 2. The van der Waals surface area contributed by atoms with Crippen molar-refractivity contribution in [3.05, 3.63) is 89.5 Å². The lowest BCUT2D eigenvalue weighted by molar-refractivity contribution is -0.137. The SMILES string of the molecule is CCS(=O)(=O)c1ccc([C@H](CO)NC(=O)c2ccc(N3C[C@H](Oc4ccc(C(F)(F)F)cc4)[C@@H](F)C3)cc2)cc1. The molecule has 0 aliphatic carbocycles. The van der Waals surface area contributed by atoms with Crippen LogP contribution in [0.2, 0.25) is 0 Å². The molecule has 3 atom stereocenters. The zero-order valence-corrected chi connectivity index (χ0v) is 22.3. The minimum Gasteiger partial charge on any atom is -0.485 e. The van der Waals surface area contributed by atoms with E-state index in [0.29, 0.717) is 16.8 Å². The molecule has 1 aliphatic rings. The van der Waals surface area contributed by atoms with E-state index in [-0.39, 0.29) is 29.5 Å². The second-order valence-electron chi connectivity index (χ2n) is 9.33. The lowest BCUT2D eigenvalue weighted by Gasteiger charge is -2.20. The van der Waals surface area contributed by atoms with E-state index in [1.165, 1.54) is 24.3 Å². The Hall–Kier alpha value is -3.64. The third kappa shape index (κ3) is 6.73. The van der Waals surface area contributed by atoms with Crippen LogP contribution in [0.1, 0.15) is 34.5 Å². The number of nitrogens with one attached hydrogen (secondary N) is 1. The van der Waals surface area contributed by atoms with Gasteiger partial charge in [0.25, 0.3) is 5.91 Å². The summed E-state index contributed by atoms with van der Waals surface area (Å²) in [5, 5.41) is 12.5. The fourth-order valence-electron chi connectivity index (χ4n) is 4.33. The monoisotopic (exact) mass is 580 g/mol. The highest BCUT2D eigenvalue weighted by Gasteiger charge is 2.35. The van der Waals surface area contributed by atoms with Crippen LogP contribution < -0.4 is 15.0 Å². The third-order valence-corrected chi connectivity index (χ3v) is 8.42.